The molecule has 1 amide bonds. The number of carboxylic acid groups (broad SMARTS) is 1. The second-order valence-electron chi connectivity index (χ2n) is 2.57. The lowest BCUT2D eigenvalue weighted by atomic mass is 10.2. The van der Waals surface area contributed by atoms with Crippen LogP contribution in [0.15, 0.2) is 0 Å². The second-order valence-corrected chi connectivity index (χ2v) is 3.56. The fourth-order valence-corrected chi connectivity index (χ4v) is 1.28. The van der Waals surface area contributed by atoms with Crippen LogP contribution in [0.3, 0.4) is 0 Å². The zero-order valence-electron chi connectivity index (χ0n) is 7.82. The van der Waals surface area contributed by atoms with Gasteiger partial charge >= 0.3 is 5.97 Å². The third-order valence-corrected chi connectivity index (χ3v) is 2.13. The van der Waals surface area contributed by atoms with Gasteiger partial charge in [0.05, 0.1) is 6.07 Å². The molecule has 14 heavy (non-hydrogen) atoms. The van der Waals surface area contributed by atoms with Crippen molar-refractivity contribution in [2.75, 3.05) is 12.0 Å². The van der Waals surface area contributed by atoms with E-state index in [2.05, 4.69) is 5.32 Å². The van der Waals surface area contributed by atoms with E-state index in [4.69, 9.17) is 10.4 Å². The van der Waals surface area contributed by atoms with Crippen molar-refractivity contribution in [1.82, 2.24) is 5.32 Å². The van der Waals surface area contributed by atoms with E-state index in [1.807, 2.05) is 6.26 Å². The van der Waals surface area contributed by atoms with Gasteiger partial charge in [0.15, 0.2) is 0 Å². The Morgan fingerprint density at radius 2 is 2.29 bits per heavy atom. The van der Waals surface area contributed by atoms with Gasteiger partial charge in [0.1, 0.15) is 12.5 Å². The number of nitrogens with one attached hydrogen (secondary N) is 1. The van der Waals surface area contributed by atoms with Gasteiger partial charge < -0.3 is 10.4 Å². The van der Waals surface area contributed by atoms with E-state index < -0.39 is 17.9 Å². The normalized spacial score (nSPS) is 11.4. The Morgan fingerprint density at radius 3 is 2.71 bits per heavy atom. The van der Waals surface area contributed by atoms with E-state index in [1.54, 1.807) is 6.07 Å². The number of hydrogen-bond acceptors (Lipinski definition) is 4. The Labute approximate surface area is 86.5 Å². The topological polar surface area (TPSA) is 90.2 Å². The van der Waals surface area contributed by atoms with Crippen molar-refractivity contribution >= 4 is 23.6 Å². The van der Waals surface area contributed by atoms with Crippen LogP contribution in [-0.4, -0.2) is 35.0 Å². The molecular formula is C8H12N2O3S. The van der Waals surface area contributed by atoms with Crippen molar-refractivity contribution in [1.29, 1.82) is 5.26 Å². The maximum absolute atomic E-state index is 10.9. The van der Waals surface area contributed by atoms with Crippen molar-refractivity contribution in [3.05, 3.63) is 0 Å². The molecule has 0 aliphatic heterocycles. The molecule has 0 fully saturated rings. The van der Waals surface area contributed by atoms with E-state index in [1.165, 1.54) is 11.8 Å². The molecule has 1 unspecified atom stereocenters. The minimum absolute atomic E-state index is 0.303. The number of nitriles is 1. The monoisotopic (exact) mass is 216 g/mol. The highest BCUT2D eigenvalue weighted by molar-refractivity contribution is 7.98. The van der Waals surface area contributed by atoms with Crippen LogP contribution in [0, 0.1) is 11.3 Å². The number of amides is 1. The van der Waals surface area contributed by atoms with E-state index in [9.17, 15) is 9.59 Å². The quantitative estimate of drug-likeness (QED) is 0.663. The van der Waals surface area contributed by atoms with Crippen LogP contribution in [0.2, 0.25) is 0 Å². The molecule has 0 saturated heterocycles. The summed E-state index contributed by atoms with van der Waals surface area (Å²) in [5.41, 5.74) is 0. The summed E-state index contributed by atoms with van der Waals surface area (Å²) in [5, 5.41) is 19.2. The number of aliphatic carboxylic acids is 1. The molecule has 0 aromatic heterocycles. The van der Waals surface area contributed by atoms with Gasteiger partial charge in [-0.15, -0.1) is 0 Å². The molecule has 0 rings (SSSR count). The second kappa shape index (κ2) is 7.21. The fraction of sp³-hybridized carbons (Fsp3) is 0.625. The first-order valence-electron chi connectivity index (χ1n) is 4.00. The lowest BCUT2D eigenvalue weighted by Crippen LogP contribution is -2.40. The molecule has 0 aliphatic rings. The lowest BCUT2D eigenvalue weighted by Gasteiger charge is -2.12. The smallest absolute Gasteiger partial charge is 0.326 e. The molecule has 6 heteroatoms. The van der Waals surface area contributed by atoms with Crippen molar-refractivity contribution in [2.45, 2.75) is 18.9 Å². The summed E-state index contributed by atoms with van der Waals surface area (Å²) in [4.78, 5) is 21.6. The van der Waals surface area contributed by atoms with Crippen LogP contribution in [0.5, 0.6) is 0 Å². The Morgan fingerprint density at radius 1 is 1.64 bits per heavy atom. The minimum atomic E-state index is -1.06. The molecule has 0 spiro atoms. The summed E-state index contributed by atoms with van der Waals surface area (Å²) in [5.74, 6) is -0.949. The van der Waals surface area contributed by atoms with Gasteiger partial charge in [-0.25, -0.2) is 4.79 Å². The SMILES string of the molecule is CSCCC(NC(=O)CC#N)C(=O)O. The van der Waals surface area contributed by atoms with Crippen molar-refractivity contribution in [3.63, 3.8) is 0 Å². The summed E-state index contributed by atoms with van der Waals surface area (Å²) in [6, 6.07) is 0.772. The third kappa shape index (κ3) is 5.43. The average molecular weight is 216 g/mol. The van der Waals surface area contributed by atoms with Crippen LogP contribution >= 0.6 is 11.8 Å². The van der Waals surface area contributed by atoms with E-state index in [0.717, 1.165) is 0 Å². The third-order valence-electron chi connectivity index (χ3n) is 1.48. The zero-order valence-corrected chi connectivity index (χ0v) is 8.63. The maximum atomic E-state index is 10.9. The van der Waals surface area contributed by atoms with Crippen molar-refractivity contribution < 1.29 is 14.7 Å². The van der Waals surface area contributed by atoms with Gasteiger partial charge in [0.25, 0.3) is 0 Å². The first-order valence-corrected chi connectivity index (χ1v) is 5.39. The zero-order chi connectivity index (χ0) is 11.0. The van der Waals surface area contributed by atoms with Gasteiger partial charge in [0.2, 0.25) is 5.91 Å². The number of carbonyl (C=O) groups excluding carboxylic acids is 1. The highest BCUT2D eigenvalue weighted by Crippen LogP contribution is 2.01. The van der Waals surface area contributed by atoms with Gasteiger partial charge in [-0.2, -0.15) is 17.0 Å². The molecule has 0 saturated carbocycles. The number of carbonyl (C=O) groups is 2. The standard InChI is InChI=1S/C8H12N2O3S/c1-14-5-3-6(8(12)13)10-7(11)2-4-9/h6H,2-3,5H2,1H3,(H,10,11)(H,12,13). The number of rotatable bonds is 6. The first-order chi connectivity index (χ1) is 6.61. The highest BCUT2D eigenvalue weighted by atomic mass is 32.2. The van der Waals surface area contributed by atoms with Gasteiger partial charge in [0, 0.05) is 0 Å². The van der Waals surface area contributed by atoms with Gasteiger partial charge in [-0.1, -0.05) is 0 Å². The number of carboxylic acids is 1. The molecule has 0 aromatic carbocycles. The molecule has 0 aliphatic carbocycles. The van der Waals surface area contributed by atoms with Crippen molar-refractivity contribution in [3.8, 4) is 6.07 Å². The maximum Gasteiger partial charge on any atom is 0.326 e. The first kappa shape index (κ1) is 12.8. The lowest BCUT2D eigenvalue weighted by molar-refractivity contribution is -0.141. The largest absolute Gasteiger partial charge is 0.480 e. The molecular weight excluding hydrogens is 204 g/mol. The number of hydrogen-bond donors (Lipinski definition) is 2. The molecule has 1 atom stereocenters. The minimum Gasteiger partial charge on any atom is -0.480 e. The van der Waals surface area contributed by atoms with Crippen molar-refractivity contribution in [2.24, 2.45) is 0 Å². The predicted molar refractivity (Wildman–Crippen MR) is 52.8 cm³/mol. The Balaban J connectivity index is 4.03. The Hall–Kier alpha value is -1.22. The summed E-state index contributed by atoms with van der Waals surface area (Å²) in [7, 11) is 0. The summed E-state index contributed by atoms with van der Waals surface area (Å²) in [6.45, 7) is 0. The molecule has 2 N–H and O–H groups in total. The molecule has 0 heterocycles. The fourth-order valence-electron chi connectivity index (χ4n) is 0.810. The van der Waals surface area contributed by atoms with Gasteiger partial charge in [-0.3, -0.25) is 4.79 Å². The molecule has 0 radical (unpaired) electrons. The number of nitrogens with zero attached hydrogens (tertiary/aromatic N) is 1. The predicted octanol–water partition coefficient (Wildman–Crippen LogP) is 0.223. The average Bonchev–Trinajstić information content (AvgIpc) is 2.12. The van der Waals surface area contributed by atoms with Gasteiger partial charge in [-0.05, 0) is 18.4 Å². The van der Waals surface area contributed by atoms with E-state index >= 15 is 0 Å². The molecule has 0 bridgehead atoms. The van der Waals surface area contributed by atoms with Crippen LogP contribution in [-0.2, 0) is 9.59 Å². The molecule has 5 nitrogen and oxygen atoms in total. The highest BCUT2D eigenvalue weighted by Gasteiger charge is 2.18. The summed E-state index contributed by atoms with van der Waals surface area (Å²) >= 11 is 1.51. The van der Waals surface area contributed by atoms with Crippen LogP contribution in [0.4, 0.5) is 0 Å². The summed E-state index contributed by atoms with van der Waals surface area (Å²) in [6.07, 6.45) is 1.92. The number of thioether (sulfide) groups is 1. The van der Waals surface area contributed by atoms with Crippen LogP contribution in [0.1, 0.15) is 12.8 Å². The summed E-state index contributed by atoms with van der Waals surface area (Å²) < 4.78 is 0. The van der Waals surface area contributed by atoms with Crippen LogP contribution < -0.4 is 5.32 Å². The molecule has 78 valence electrons. The van der Waals surface area contributed by atoms with Crippen LogP contribution in [0.25, 0.3) is 0 Å². The molecule has 0 aromatic rings. The Bertz CT molecular complexity index is 249. The Kier molecular flexibility index (Phi) is 6.58. The van der Waals surface area contributed by atoms with E-state index in [0.29, 0.717) is 12.2 Å². The van der Waals surface area contributed by atoms with E-state index in [-0.39, 0.29) is 6.42 Å².